The number of pyridine rings is 1. The lowest BCUT2D eigenvalue weighted by molar-refractivity contribution is -0.212. The van der Waals surface area contributed by atoms with Gasteiger partial charge in [-0.3, -0.25) is 14.4 Å². The molecule has 1 aromatic carbocycles. The molecule has 45 heavy (non-hydrogen) atoms. The highest BCUT2D eigenvalue weighted by molar-refractivity contribution is 6.07. The molecule has 1 saturated carbocycles. The van der Waals surface area contributed by atoms with Crippen molar-refractivity contribution in [2.75, 3.05) is 11.1 Å². The fourth-order valence-electron chi connectivity index (χ4n) is 5.77. The zero-order valence-corrected chi connectivity index (χ0v) is 24.4. The van der Waals surface area contributed by atoms with Gasteiger partial charge in [0.05, 0.1) is 11.9 Å². The van der Waals surface area contributed by atoms with Gasteiger partial charge in [0.15, 0.2) is 5.78 Å². The summed E-state index contributed by atoms with van der Waals surface area (Å²) in [5.41, 5.74) is 7.14. The second-order valence-corrected chi connectivity index (χ2v) is 11.9. The van der Waals surface area contributed by atoms with Crippen LogP contribution in [0.3, 0.4) is 0 Å². The molecule has 0 radical (unpaired) electrons. The number of hydrogen-bond donors (Lipinski definition) is 2. The Hall–Kier alpha value is -5.01. The largest absolute Gasteiger partial charge is 0.490 e. The number of hydrogen-bond acceptors (Lipinski definition) is 8. The Morgan fingerprint density at radius 3 is 2.44 bits per heavy atom. The number of ether oxygens (including phenoxy) is 1. The first-order valence-electron chi connectivity index (χ1n) is 14.4. The summed E-state index contributed by atoms with van der Waals surface area (Å²) < 4.78 is 46.4. The van der Waals surface area contributed by atoms with Gasteiger partial charge in [-0.2, -0.15) is 13.2 Å². The fourth-order valence-corrected chi connectivity index (χ4v) is 5.77. The van der Waals surface area contributed by atoms with Crippen molar-refractivity contribution in [2.24, 2.45) is 0 Å². The third kappa shape index (κ3) is 5.79. The number of nitrogen functional groups attached to an aromatic ring is 1. The van der Waals surface area contributed by atoms with E-state index in [1.54, 1.807) is 35.0 Å². The highest BCUT2D eigenvalue weighted by Crippen LogP contribution is 2.37. The lowest BCUT2D eigenvalue weighted by Crippen LogP contribution is -2.38. The quantitative estimate of drug-likeness (QED) is 0.278. The summed E-state index contributed by atoms with van der Waals surface area (Å²) in [7, 11) is 0. The van der Waals surface area contributed by atoms with Gasteiger partial charge in [-0.1, -0.05) is 12.1 Å². The number of carbonyl (C=O) groups is 3. The topological polar surface area (TPSA) is 151 Å². The van der Waals surface area contributed by atoms with Crippen LogP contribution in [-0.4, -0.2) is 48.5 Å². The first-order valence-corrected chi connectivity index (χ1v) is 14.4. The van der Waals surface area contributed by atoms with Crippen LogP contribution >= 0.6 is 0 Å². The van der Waals surface area contributed by atoms with Gasteiger partial charge in [-0.05, 0) is 63.3 Å². The van der Waals surface area contributed by atoms with Crippen LogP contribution in [0.2, 0.25) is 0 Å². The summed E-state index contributed by atoms with van der Waals surface area (Å²) in [5.74, 6) is -2.88. The number of nitrogens with two attached hydrogens (primary N) is 1. The van der Waals surface area contributed by atoms with Crippen LogP contribution in [0.4, 0.5) is 24.7 Å². The van der Waals surface area contributed by atoms with Gasteiger partial charge in [0.2, 0.25) is 0 Å². The highest BCUT2D eigenvalue weighted by atomic mass is 19.4. The second kappa shape index (κ2) is 10.9. The van der Waals surface area contributed by atoms with E-state index in [0.29, 0.717) is 58.4 Å². The molecule has 3 N–H and O–H groups in total. The van der Waals surface area contributed by atoms with Gasteiger partial charge in [0.1, 0.15) is 29.0 Å². The highest BCUT2D eigenvalue weighted by Gasteiger charge is 2.44. The molecule has 0 unspecified atom stereocenters. The molecule has 2 aliphatic rings. The Balaban J connectivity index is 1.28. The number of ketones is 1. The van der Waals surface area contributed by atoms with E-state index in [-0.39, 0.29) is 29.8 Å². The Bertz CT molecular complexity index is 1920. The number of fused-ring (bicyclic) bond motifs is 2. The maximum absolute atomic E-state index is 13.3. The minimum Gasteiger partial charge on any atom is -0.451 e. The maximum atomic E-state index is 13.3. The van der Waals surface area contributed by atoms with Crippen molar-refractivity contribution in [3.8, 4) is 11.1 Å². The average Bonchev–Trinajstić information content (AvgIpc) is 3.74. The van der Waals surface area contributed by atoms with Gasteiger partial charge in [-0.25, -0.2) is 14.8 Å². The molecule has 234 valence electrons. The molecule has 0 spiro atoms. The number of benzene rings is 1. The van der Waals surface area contributed by atoms with Crippen LogP contribution in [0.1, 0.15) is 72.0 Å². The third-order valence-corrected chi connectivity index (χ3v) is 7.90. The van der Waals surface area contributed by atoms with Crippen molar-refractivity contribution >= 4 is 40.2 Å². The number of esters is 1. The summed E-state index contributed by atoms with van der Waals surface area (Å²) in [6.45, 7) is 2.53. The Kier molecular flexibility index (Phi) is 7.25. The standard InChI is InChI=1S/C31H29F3N6O5/c1-30(2,45-29(44)31(32,33)34)14-39-13-21(24-25(35)36-15-37-26(24)39)16-6-8-17(9-7-16)38-27(42)20-12-19-22(4-3-5-23(19)41)40(28(20)43)18-10-11-18/h6-9,12-13,15,18H,3-5,10-11,14H2,1-2H3,(H,38,42)(H2,35,36,37). The summed E-state index contributed by atoms with van der Waals surface area (Å²) in [6, 6.07) is 8.03. The molecule has 14 heteroatoms. The van der Waals surface area contributed by atoms with Crippen LogP contribution in [0, 0.1) is 0 Å². The molecule has 0 aliphatic heterocycles. The normalized spacial score (nSPS) is 15.2. The zero-order chi connectivity index (χ0) is 32.3. The predicted molar refractivity (Wildman–Crippen MR) is 158 cm³/mol. The van der Waals surface area contributed by atoms with E-state index in [2.05, 4.69) is 15.3 Å². The number of anilines is 2. The van der Waals surface area contributed by atoms with Crippen LogP contribution in [0.25, 0.3) is 22.2 Å². The minimum absolute atomic E-state index is 0.00462. The molecule has 1 amide bonds. The molecule has 0 bridgehead atoms. The lowest BCUT2D eigenvalue weighted by Gasteiger charge is -2.26. The third-order valence-electron chi connectivity index (χ3n) is 7.90. The Morgan fingerprint density at radius 2 is 1.78 bits per heavy atom. The number of alkyl halides is 3. The number of nitrogens with one attached hydrogen (secondary N) is 1. The monoisotopic (exact) mass is 622 g/mol. The number of rotatable bonds is 7. The molecule has 1 fully saturated rings. The number of carbonyl (C=O) groups excluding carboxylic acids is 3. The van der Waals surface area contributed by atoms with Crippen LogP contribution < -0.4 is 16.6 Å². The smallest absolute Gasteiger partial charge is 0.451 e. The zero-order valence-electron chi connectivity index (χ0n) is 24.4. The van der Waals surface area contributed by atoms with Crippen LogP contribution in [-0.2, 0) is 22.5 Å². The summed E-state index contributed by atoms with van der Waals surface area (Å²) in [6.07, 6.45) is 1.03. The van der Waals surface area contributed by atoms with Crippen LogP contribution in [0.15, 0.2) is 47.7 Å². The summed E-state index contributed by atoms with van der Waals surface area (Å²) in [4.78, 5) is 59.1. The molecule has 0 saturated heterocycles. The maximum Gasteiger partial charge on any atom is 0.490 e. The van der Waals surface area contributed by atoms with E-state index in [0.717, 1.165) is 12.8 Å². The molecule has 0 atom stereocenters. The van der Waals surface area contributed by atoms with Gasteiger partial charge in [0.25, 0.3) is 11.5 Å². The molecular formula is C31H29F3N6O5. The Morgan fingerprint density at radius 1 is 1.07 bits per heavy atom. The number of amides is 1. The van der Waals surface area contributed by atoms with Gasteiger partial charge in [0, 0.05) is 41.2 Å². The summed E-state index contributed by atoms with van der Waals surface area (Å²) >= 11 is 0. The van der Waals surface area contributed by atoms with Crippen molar-refractivity contribution in [2.45, 2.75) is 70.3 Å². The Labute approximate surface area is 254 Å². The van der Waals surface area contributed by atoms with Crippen molar-refractivity contribution in [1.29, 1.82) is 0 Å². The van der Waals surface area contributed by atoms with Crippen molar-refractivity contribution < 1.29 is 32.3 Å². The molecule has 6 rings (SSSR count). The van der Waals surface area contributed by atoms with Gasteiger partial charge < -0.3 is 24.9 Å². The predicted octanol–water partition coefficient (Wildman–Crippen LogP) is 4.83. The molecular weight excluding hydrogens is 593 g/mol. The van der Waals surface area contributed by atoms with E-state index in [4.69, 9.17) is 10.5 Å². The van der Waals surface area contributed by atoms with Crippen molar-refractivity contribution in [3.05, 3.63) is 70.0 Å². The van der Waals surface area contributed by atoms with Gasteiger partial charge in [-0.15, -0.1) is 0 Å². The lowest BCUT2D eigenvalue weighted by atomic mass is 9.93. The van der Waals surface area contributed by atoms with Crippen LogP contribution in [0.5, 0.6) is 0 Å². The van der Waals surface area contributed by atoms with Crippen molar-refractivity contribution in [3.63, 3.8) is 0 Å². The molecule has 3 heterocycles. The second-order valence-electron chi connectivity index (χ2n) is 11.9. The fraction of sp³-hybridized carbons (Fsp3) is 0.355. The molecule has 2 aliphatic carbocycles. The average molecular weight is 623 g/mol. The number of halogens is 3. The van der Waals surface area contributed by atoms with E-state index >= 15 is 0 Å². The van der Waals surface area contributed by atoms with E-state index < -0.39 is 29.2 Å². The SMILES string of the molecule is CC(C)(Cn1cc(-c2ccc(NC(=O)c3cc4c(n(C5CC5)c3=O)CCCC4=O)cc2)c2c(N)ncnc21)OC(=O)C(F)(F)F. The van der Waals surface area contributed by atoms with E-state index in [1.165, 1.54) is 30.8 Å². The van der Waals surface area contributed by atoms with E-state index in [9.17, 15) is 32.3 Å². The molecule has 3 aromatic heterocycles. The van der Waals surface area contributed by atoms with E-state index in [1.807, 2.05) is 0 Å². The molecule has 4 aromatic rings. The molecule has 11 nitrogen and oxygen atoms in total. The van der Waals surface area contributed by atoms with Crippen molar-refractivity contribution in [1.82, 2.24) is 19.1 Å². The first-order chi connectivity index (χ1) is 21.2. The first kappa shape index (κ1) is 30.0. The number of nitrogens with zero attached hydrogens (tertiary/aromatic N) is 4. The minimum atomic E-state index is -5.14. The number of aromatic nitrogens is 4. The van der Waals surface area contributed by atoms with Gasteiger partial charge >= 0.3 is 12.1 Å². The number of Topliss-reactive ketones (excluding diaryl/α,β-unsaturated/α-hetero) is 1. The summed E-state index contributed by atoms with van der Waals surface area (Å²) in [5, 5.41) is 3.18.